The van der Waals surface area contributed by atoms with Crippen LogP contribution in [0.25, 0.3) is 10.9 Å². The molecule has 19 heavy (non-hydrogen) atoms. The third kappa shape index (κ3) is 2.87. The van der Waals surface area contributed by atoms with Gasteiger partial charge in [-0.15, -0.1) is 0 Å². The number of aromatic nitrogens is 2. The number of carbonyl (C=O) groups is 1. The standard InChI is InChI=1S/C14H16N2OS2/c1-9-10-7-5-6-8-11(10)16(15-9)13(18)19-12(17)14(2,3)4/h5-8H,1-4H3. The van der Waals surface area contributed by atoms with Gasteiger partial charge in [0.05, 0.1) is 11.2 Å². The molecule has 0 saturated heterocycles. The third-order valence-electron chi connectivity index (χ3n) is 2.74. The smallest absolute Gasteiger partial charge is 0.201 e. The summed E-state index contributed by atoms with van der Waals surface area (Å²) in [6, 6.07) is 7.88. The van der Waals surface area contributed by atoms with Crippen LogP contribution in [0.5, 0.6) is 0 Å². The Balaban J connectivity index is 2.35. The highest BCUT2D eigenvalue weighted by atomic mass is 32.2. The second-order valence-corrected chi connectivity index (χ2v) is 7.03. The molecule has 5 heteroatoms. The first-order valence-electron chi connectivity index (χ1n) is 6.01. The molecule has 1 aromatic heterocycles. The van der Waals surface area contributed by atoms with E-state index in [0.29, 0.717) is 4.32 Å². The van der Waals surface area contributed by atoms with Gasteiger partial charge < -0.3 is 0 Å². The maximum Gasteiger partial charge on any atom is 0.201 e. The minimum Gasteiger partial charge on any atom is -0.286 e. The highest BCUT2D eigenvalue weighted by Gasteiger charge is 2.24. The summed E-state index contributed by atoms with van der Waals surface area (Å²) in [7, 11) is 0. The van der Waals surface area contributed by atoms with E-state index >= 15 is 0 Å². The molecule has 1 aromatic carbocycles. The number of carbonyl (C=O) groups excluding carboxylic acids is 1. The van der Waals surface area contributed by atoms with Gasteiger partial charge in [0.1, 0.15) is 0 Å². The van der Waals surface area contributed by atoms with Crippen LogP contribution in [-0.4, -0.2) is 19.2 Å². The summed E-state index contributed by atoms with van der Waals surface area (Å²) in [5.41, 5.74) is 1.45. The molecule has 1 heterocycles. The van der Waals surface area contributed by atoms with Crippen LogP contribution in [0.2, 0.25) is 0 Å². The van der Waals surface area contributed by atoms with Crippen LogP contribution in [0.3, 0.4) is 0 Å². The molecule has 0 radical (unpaired) electrons. The van der Waals surface area contributed by atoms with E-state index in [4.69, 9.17) is 12.2 Å². The molecule has 0 N–H and O–H groups in total. The molecule has 0 fully saturated rings. The van der Waals surface area contributed by atoms with Crippen molar-refractivity contribution in [3.8, 4) is 0 Å². The second-order valence-electron chi connectivity index (χ2n) is 5.42. The van der Waals surface area contributed by atoms with Crippen LogP contribution in [-0.2, 0) is 4.79 Å². The van der Waals surface area contributed by atoms with Crippen LogP contribution in [0.1, 0.15) is 26.5 Å². The molecule has 0 spiro atoms. The van der Waals surface area contributed by atoms with Crippen molar-refractivity contribution in [3.63, 3.8) is 0 Å². The summed E-state index contributed by atoms with van der Waals surface area (Å²) in [5, 5.41) is 5.54. The fourth-order valence-electron chi connectivity index (χ4n) is 1.64. The minimum atomic E-state index is -0.410. The minimum absolute atomic E-state index is 0.0507. The van der Waals surface area contributed by atoms with Crippen LogP contribution >= 0.6 is 24.0 Å². The topological polar surface area (TPSA) is 34.9 Å². The van der Waals surface area contributed by atoms with Gasteiger partial charge >= 0.3 is 0 Å². The number of benzene rings is 1. The van der Waals surface area contributed by atoms with E-state index in [1.807, 2.05) is 52.0 Å². The Bertz CT molecular complexity index is 653. The molecule has 0 unspecified atom stereocenters. The van der Waals surface area contributed by atoms with Gasteiger partial charge in [0.15, 0.2) is 4.32 Å². The molecule has 100 valence electrons. The summed E-state index contributed by atoms with van der Waals surface area (Å²) in [6.07, 6.45) is 0. The Morgan fingerprint density at radius 3 is 2.58 bits per heavy atom. The molecule has 0 atom stereocenters. The fraction of sp³-hybridized carbons (Fsp3) is 0.357. The largest absolute Gasteiger partial charge is 0.286 e. The lowest BCUT2D eigenvalue weighted by molar-refractivity contribution is -0.117. The van der Waals surface area contributed by atoms with Crippen molar-refractivity contribution in [2.75, 3.05) is 0 Å². The van der Waals surface area contributed by atoms with Crippen LogP contribution < -0.4 is 0 Å². The number of aryl methyl sites for hydroxylation is 1. The molecule has 0 saturated carbocycles. The normalized spacial score (nSPS) is 11.8. The van der Waals surface area contributed by atoms with Crippen molar-refractivity contribution in [2.24, 2.45) is 5.41 Å². The molecule has 0 bridgehead atoms. The maximum absolute atomic E-state index is 12.0. The van der Waals surface area contributed by atoms with Gasteiger partial charge in [-0.05, 0) is 37.0 Å². The zero-order valence-corrected chi connectivity index (χ0v) is 13.1. The summed E-state index contributed by atoms with van der Waals surface area (Å²) in [5.74, 6) is 0. The fourth-order valence-corrected chi connectivity index (χ4v) is 2.69. The van der Waals surface area contributed by atoms with Crippen LogP contribution in [0, 0.1) is 12.3 Å². The lowest BCUT2D eigenvalue weighted by Gasteiger charge is -2.15. The van der Waals surface area contributed by atoms with E-state index in [1.165, 1.54) is 0 Å². The van der Waals surface area contributed by atoms with Gasteiger partial charge in [0, 0.05) is 10.8 Å². The van der Waals surface area contributed by atoms with E-state index in [0.717, 1.165) is 28.4 Å². The number of thioether (sulfide) groups is 1. The van der Waals surface area contributed by atoms with Gasteiger partial charge in [-0.25, -0.2) is 4.68 Å². The molecule has 0 aliphatic heterocycles. The predicted molar refractivity (Wildman–Crippen MR) is 84.5 cm³/mol. The molecule has 0 aliphatic rings. The molecular formula is C14H16N2OS2. The lowest BCUT2D eigenvalue weighted by Crippen LogP contribution is -2.20. The van der Waals surface area contributed by atoms with Crippen molar-refractivity contribution in [1.82, 2.24) is 9.78 Å². The number of para-hydroxylation sites is 1. The molecule has 0 amide bonds. The quantitative estimate of drug-likeness (QED) is 0.692. The lowest BCUT2D eigenvalue weighted by atomic mass is 10.00. The van der Waals surface area contributed by atoms with E-state index in [-0.39, 0.29) is 5.12 Å². The first kappa shape index (κ1) is 14.2. The van der Waals surface area contributed by atoms with Gasteiger partial charge in [0.2, 0.25) is 5.12 Å². The number of fused-ring (bicyclic) bond motifs is 1. The number of nitrogens with zero attached hydrogens (tertiary/aromatic N) is 2. The Hall–Kier alpha value is -1.20. The van der Waals surface area contributed by atoms with Crippen molar-refractivity contribution in [1.29, 1.82) is 0 Å². The van der Waals surface area contributed by atoms with Crippen molar-refractivity contribution < 1.29 is 4.79 Å². The summed E-state index contributed by atoms with van der Waals surface area (Å²) in [6.45, 7) is 7.60. The first-order valence-corrected chi connectivity index (χ1v) is 7.24. The van der Waals surface area contributed by atoms with Crippen LogP contribution in [0.4, 0.5) is 0 Å². The molecule has 3 nitrogen and oxygen atoms in total. The zero-order valence-electron chi connectivity index (χ0n) is 11.4. The van der Waals surface area contributed by atoms with E-state index < -0.39 is 5.41 Å². The number of hydrogen-bond acceptors (Lipinski definition) is 4. The van der Waals surface area contributed by atoms with Crippen molar-refractivity contribution in [2.45, 2.75) is 27.7 Å². The Morgan fingerprint density at radius 2 is 1.95 bits per heavy atom. The van der Waals surface area contributed by atoms with Gasteiger partial charge in [-0.2, -0.15) is 5.10 Å². The Labute approximate surface area is 122 Å². The molecule has 2 rings (SSSR count). The molecular weight excluding hydrogens is 276 g/mol. The Morgan fingerprint density at radius 1 is 1.32 bits per heavy atom. The zero-order chi connectivity index (χ0) is 14.2. The van der Waals surface area contributed by atoms with E-state index in [2.05, 4.69) is 5.10 Å². The number of thiocarbonyl (C=S) groups is 1. The highest BCUT2D eigenvalue weighted by Crippen LogP contribution is 2.26. The average Bonchev–Trinajstić information content (AvgIpc) is 2.66. The van der Waals surface area contributed by atoms with Crippen molar-refractivity contribution >= 4 is 44.3 Å². The van der Waals surface area contributed by atoms with Gasteiger partial charge in [-0.3, -0.25) is 4.79 Å². The molecule has 2 aromatic rings. The van der Waals surface area contributed by atoms with Crippen molar-refractivity contribution in [3.05, 3.63) is 30.0 Å². The number of rotatable bonds is 0. The second kappa shape index (κ2) is 5.06. The Kier molecular flexibility index (Phi) is 3.78. The third-order valence-corrected chi connectivity index (χ3v) is 4.31. The summed E-state index contributed by atoms with van der Waals surface area (Å²) < 4.78 is 2.15. The predicted octanol–water partition coefficient (Wildman–Crippen LogP) is 3.78. The van der Waals surface area contributed by atoms with E-state index in [1.54, 1.807) is 4.68 Å². The summed E-state index contributed by atoms with van der Waals surface area (Å²) >= 11 is 6.43. The summed E-state index contributed by atoms with van der Waals surface area (Å²) in [4.78, 5) is 12.0. The SMILES string of the molecule is Cc1nn(C(=S)SC(=O)C(C)(C)C)c2ccccc12. The van der Waals surface area contributed by atoms with E-state index in [9.17, 15) is 4.79 Å². The average molecular weight is 292 g/mol. The maximum atomic E-state index is 12.0. The first-order chi connectivity index (χ1) is 8.80. The van der Waals surface area contributed by atoms with Gasteiger partial charge in [0.25, 0.3) is 0 Å². The molecule has 0 aliphatic carbocycles. The number of hydrogen-bond donors (Lipinski definition) is 0. The van der Waals surface area contributed by atoms with Gasteiger partial charge in [-0.1, -0.05) is 39.0 Å². The monoisotopic (exact) mass is 292 g/mol. The highest BCUT2D eigenvalue weighted by molar-refractivity contribution is 8.32. The van der Waals surface area contributed by atoms with Crippen LogP contribution in [0.15, 0.2) is 24.3 Å².